The van der Waals surface area contributed by atoms with Crippen molar-refractivity contribution >= 4 is 11.0 Å². The Morgan fingerprint density at radius 2 is 2.33 bits per heavy atom. The van der Waals surface area contributed by atoms with Crippen LogP contribution in [-0.2, 0) is 0 Å². The molecule has 2 aromatic rings. The normalized spacial score (nSPS) is 22.0. The Morgan fingerprint density at radius 3 is 3.20 bits per heavy atom. The van der Waals surface area contributed by atoms with Crippen LogP contribution in [0.25, 0.3) is 11.0 Å². The smallest absolute Gasteiger partial charge is 0.137 e. The Kier molecular flexibility index (Phi) is 2.16. The molecule has 0 aromatic carbocycles. The molecule has 0 unspecified atom stereocenters. The van der Waals surface area contributed by atoms with E-state index in [2.05, 4.69) is 32.7 Å². The van der Waals surface area contributed by atoms with Gasteiger partial charge in [-0.15, -0.1) is 0 Å². The number of nitrogens with one attached hydrogen (secondary N) is 3. The fourth-order valence-electron chi connectivity index (χ4n) is 2.04. The van der Waals surface area contributed by atoms with E-state index in [0.717, 1.165) is 25.3 Å². The van der Waals surface area contributed by atoms with E-state index in [1.807, 2.05) is 12.4 Å². The van der Waals surface area contributed by atoms with E-state index < -0.39 is 0 Å². The lowest BCUT2D eigenvalue weighted by Gasteiger charge is -2.24. The molecule has 0 aliphatic carbocycles. The van der Waals surface area contributed by atoms with Crippen molar-refractivity contribution in [3.63, 3.8) is 0 Å². The predicted molar refractivity (Wildman–Crippen MR) is 59.7 cm³/mol. The highest BCUT2D eigenvalue weighted by molar-refractivity contribution is 5.75. The highest BCUT2D eigenvalue weighted by atomic mass is 15.1. The minimum atomic E-state index is 0.394. The average Bonchev–Trinajstić information content (AvgIpc) is 2.77. The Labute approximate surface area is 88.1 Å². The summed E-state index contributed by atoms with van der Waals surface area (Å²) in [7, 11) is 0. The molecule has 0 radical (unpaired) electrons. The summed E-state index contributed by atoms with van der Waals surface area (Å²) in [5, 5.41) is 8.04. The molecule has 0 amide bonds. The molecule has 4 heteroatoms. The lowest BCUT2D eigenvalue weighted by atomic mass is 10.1. The minimum Gasteiger partial charge on any atom is -0.346 e. The highest BCUT2D eigenvalue weighted by Gasteiger charge is 2.14. The molecule has 1 atom stereocenters. The number of pyridine rings is 1. The van der Waals surface area contributed by atoms with Crippen LogP contribution < -0.4 is 10.6 Å². The zero-order valence-electron chi connectivity index (χ0n) is 8.46. The van der Waals surface area contributed by atoms with Crippen LogP contribution in [0.3, 0.4) is 0 Å². The van der Waals surface area contributed by atoms with Crippen molar-refractivity contribution in [1.29, 1.82) is 0 Å². The third kappa shape index (κ3) is 1.62. The molecule has 3 N–H and O–H groups in total. The molecule has 0 bridgehead atoms. The molecule has 1 fully saturated rings. The van der Waals surface area contributed by atoms with Crippen molar-refractivity contribution in [2.75, 3.05) is 19.6 Å². The van der Waals surface area contributed by atoms with Crippen molar-refractivity contribution in [2.45, 2.75) is 6.04 Å². The van der Waals surface area contributed by atoms with Gasteiger partial charge in [0, 0.05) is 43.5 Å². The molecule has 15 heavy (non-hydrogen) atoms. The Hall–Kier alpha value is -1.39. The monoisotopic (exact) mass is 202 g/mol. The maximum Gasteiger partial charge on any atom is 0.137 e. The molecular formula is C11H14N4. The first kappa shape index (κ1) is 8.88. The van der Waals surface area contributed by atoms with E-state index in [1.54, 1.807) is 0 Å². The van der Waals surface area contributed by atoms with Gasteiger partial charge < -0.3 is 15.6 Å². The van der Waals surface area contributed by atoms with Gasteiger partial charge in [-0.3, -0.25) is 0 Å². The topological polar surface area (TPSA) is 52.7 Å². The highest BCUT2D eigenvalue weighted by Crippen LogP contribution is 2.17. The number of nitrogens with zero attached hydrogens (tertiary/aromatic N) is 1. The fourth-order valence-corrected chi connectivity index (χ4v) is 2.04. The molecule has 1 aliphatic heterocycles. The summed E-state index contributed by atoms with van der Waals surface area (Å²) in [6, 6.07) is 4.65. The second kappa shape index (κ2) is 3.64. The van der Waals surface area contributed by atoms with Gasteiger partial charge in [-0.05, 0) is 17.7 Å². The number of aromatic amines is 1. The number of hydrogen-bond donors (Lipinski definition) is 3. The van der Waals surface area contributed by atoms with E-state index in [9.17, 15) is 0 Å². The minimum absolute atomic E-state index is 0.394. The quantitative estimate of drug-likeness (QED) is 0.641. The summed E-state index contributed by atoms with van der Waals surface area (Å²) in [5.41, 5.74) is 2.22. The van der Waals surface area contributed by atoms with Gasteiger partial charge in [-0.1, -0.05) is 0 Å². The standard InChI is InChI=1S/C11H14N4/c1-2-14-11-8(1)5-9(6-15-11)10-7-12-3-4-13-10/h1-2,5-6,10,12-13H,3-4,7H2,(H,14,15)/t10-/m0/s1. The first-order valence-electron chi connectivity index (χ1n) is 5.30. The van der Waals surface area contributed by atoms with Gasteiger partial charge in [0.05, 0.1) is 0 Å². The van der Waals surface area contributed by atoms with Gasteiger partial charge >= 0.3 is 0 Å². The number of piperazine rings is 1. The molecule has 78 valence electrons. The molecule has 3 heterocycles. The van der Waals surface area contributed by atoms with E-state index >= 15 is 0 Å². The van der Waals surface area contributed by atoms with Crippen molar-refractivity contribution in [3.05, 3.63) is 30.1 Å². The van der Waals surface area contributed by atoms with Crippen molar-refractivity contribution in [3.8, 4) is 0 Å². The molecule has 3 rings (SSSR count). The molecule has 4 nitrogen and oxygen atoms in total. The molecule has 0 spiro atoms. The van der Waals surface area contributed by atoms with Crippen LogP contribution in [0.1, 0.15) is 11.6 Å². The number of fused-ring (bicyclic) bond motifs is 1. The number of hydrogen-bond acceptors (Lipinski definition) is 3. The SMILES string of the molecule is c1cc2cc([C@@H]3CNCCN3)cnc2[nH]1. The van der Waals surface area contributed by atoms with E-state index in [-0.39, 0.29) is 0 Å². The molecule has 1 aliphatic rings. The third-order valence-electron chi connectivity index (χ3n) is 2.86. The summed E-state index contributed by atoms with van der Waals surface area (Å²) in [4.78, 5) is 7.50. The lowest BCUT2D eigenvalue weighted by molar-refractivity contribution is 0.430. The molecule has 2 aromatic heterocycles. The first-order valence-corrected chi connectivity index (χ1v) is 5.30. The maximum absolute atomic E-state index is 4.39. The first-order chi connectivity index (χ1) is 7.43. The second-order valence-corrected chi connectivity index (χ2v) is 3.89. The predicted octanol–water partition coefficient (Wildman–Crippen LogP) is 0.797. The summed E-state index contributed by atoms with van der Waals surface area (Å²) < 4.78 is 0. The largest absolute Gasteiger partial charge is 0.346 e. The molecule has 0 saturated carbocycles. The molecule has 1 saturated heterocycles. The van der Waals surface area contributed by atoms with E-state index in [0.29, 0.717) is 6.04 Å². The fraction of sp³-hybridized carbons (Fsp3) is 0.364. The van der Waals surface area contributed by atoms with E-state index in [1.165, 1.54) is 10.9 Å². The second-order valence-electron chi connectivity index (χ2n) is 3.89. The molecular weight excluding hydrogens is 188 g/mol. The van der Waals surface area contributed by atoms with Gasteiger partial charge in [0.2, 0.25) is 0 Å². The van der Waals surface area contributed by atoms with E-state index in [4.69, 9.17) is 0 Å². The number of aromatic nitrogens is 2. The van der Waals surface area contributed by atoms with Crippen LogP contribution in [0, 0.1) is 0 Å². The van der Waals surface area contributed by atoms with Gasteiger partial charge in [-0.25, -0.2) is 4.98 Å². The van der Waals surface area contributed by atoms with Crippen molar-refractivity contribution in [2.24, 2.45) is 0 Å². The Balaban J connectivity index is 1.95. The van der Waals surface area contributed by atoms with Gasteiger partial charge in [0.25, 0.3) is 0 Å². The zero-order valence-corrected chi connectivity index (χ0v) is 8.46. The summed E-state index contributed by atoms with van der Waals surface area (Å²) >= 11 is 0. The summed E-state index contributed by atoms with van der Waals surface area (Å²) in [6.45, 7) is 3.06. The van der Waals surface area contributed by atoms with Gasteiger partial charge in [0.15, 0.2) is 0 Å². The van der Waals surface area contributed by atoms with Crippen LogP contribution in [0.15, 0.2) is 24.5 Å². The van der Waals surface area contributed by atoms with Crippen LogP contribution in [0.2, 0.25) is 0 Å². The Morgan fingerprint density at radius 1 is 1.33 bits per heavy atom. The number of H-pyrrole nitrogens is 1. The lowest BCUT2D eigenvalue weighted by Crippen LogP contribution is -2.42. The average molecular weight is 202 g/mol. The number of rotatable bonds is 1. The summed E-state index contributed by atoms with van der Waals surface area (Å²) in [6.07, 6.45) is 3.87. The van der Waals surface area contributed by atoms with Crippen LogP contribution in [-0.4, -0.2) is 29.6 Å². The maximum atomic E-state index is 4.39. The summed E-state index contributed by atoms with van der Waals surface area (Å²) in [5.74, 6) is 0. The zero-order chi connectivity index (χ0) is 10.1. The van der Waals surface area contributed by atoms with Crippen LogP contribution >= 0.6 is 0 Å². The van der Waals surface area contributed by atoms with Crippen molar-refractivity contribution < 1.29 is 0 Å². The van der Waals surface area contributed by atoms with Gasteiger partial charge in [-0.2, -0.15) is 0 Å². The van der Waals surface area contributed by atoms with Crippen molar-refractivity contribution in [1.82, 2.24) is 20.6 Å². The van der Waals surface area contributed by atoms with Crippen LogP contribution in [0.5, 0.6) is 0 Å². The van der Waals surface area contributed by atoms with Gasteiger partial charge in [0.1, 0.15) is 5.65 Å². The Bertz CT molecular complexity index is 456. The van der Waals surface area contributed by atoms with Crippen LogP contribution in [0.4, 0.5) is 0 Å². The third-order valence-corrected chi connectivity index (χ3v) is 2.86.